The molecule has 0 spiro atoms. The predicted molar refractivity (Wildman–Crippen MR) is 129 cm³/mol. The van der Waals surface area contributed by atoms with Gasteiger partial charge in [-0.2, -0.15) is 0 Å². The highest BCUT2D eigenvalue weighted by Gasteiger charge is 2.44. The van der Waals surface area contributed by atoms with E-state index in [1.54, 1.807) is 6.20 Å². The number of hydrogen-bond donors (Lipinski definition) is 2. The van der Waals surface area contributed by atoms with Gasteiger partial charge in [-0.3, -0.25) is 4.79 Å². The summed E-state index contributed by atoms with van der Waals surface area (Å²) in [6, 6.07) is 8.02. The summed E-state index contributed by atoms with van der Waals surface area (Å²) in [6.07, 6.45) is 7.76. The maximum absolute atomic E-state index is 13.4. The van der Waals surface area contributed by atoms with Crippen molar-refractivity contribution in [2.45, 2.75) is 90.3 Å². The molecule has 0 bridgehead atoms. The van der Waals surface area contributed by atoms with Gasteiger partial charge in [-0.15, -0.1) is 0 Å². The average Bonchev–Trinajstić information content (AvgIpc) is 3.39. The molecule has 1 aromatic heterocycles. The third-order valence-electron chi connectivity index (χ3n) is 5.87. The first-order valence-corrected chi connectivity index (χ1v) is 11.7. The Morgan fingerprint density at radius 1 is 1.19 bits per heavy atom. The highest BCUT2D eigenvalue weighted by Crippen LogP contribution is 2.33. The van der Waals surface area contributed by atoms with Crippen LogP contribution in [-0.4, -0.2) is 32.7 Å². The van der Waals surface area contributed by atoms with Crippen molar-refractivity contribution < 1.29 is 17.2 Å². The monoisotopic (exact) mass is 444 g/mol. The van der Waals surface area contributed by atoms with Gasteiger partial charge in [0.2, 0.25) is 5.91 Å². The Hall–Kier alpha value is -2.83. The van der Waals surface area contributed by atoms with Crippen LogP contribution in [0.5, 0.6) is 0 Å². The fourth-order valence-electron chi connectivity index (χ4n) is 4.48. The summed E-state index contributed by atoms with van der Waals surface area (Å²) in [4.78, 5) is 30.4. The van der Waals surface area contributed by atoms with E-state index in [0.29, 0.717) is 12.8 Å². The molecule has 4 rings (SSSR count). The number of amides is 2. The summed E-state index contributed by atoms with van der Waals surface area (Å²) in [7, 11) is 0. The van der Waals surface area contributed by atoms with E-state index in [9.17, 15) is 9.59 Å². The van der Waals surface area contributed by atoms with Crippen LogP contribution in [-0.2, 0) is 16.0 Å². The molecule has 2 N–H and O–H groups in total. The second kappa shape index (κ2) is 9.76. The lowest BCUT2D eigenvalue weighted by Gasteiger charge is -2.32. The number of para-hydroxylation sites is 1. The predicted octanol–water partition coefficient (Wildman–Crippen LogP) is 5.33. The number of nitrogens with zero attached hydrogens (tertiary/aromatic N) is 2. The summed E-state index contributed by atoms with van der Waals surface area (Å²) >= 11 is 0. The molecular weight excluding hydrogens is 404 g/mol. The molecule has 7 heteroatoms. The Bertz CT molecular complexity index is 950. The fraction of sp³-hybridized carbons (Fsp3) is 0.560. The molecule has 2 amide bonds. The smallest absolute Gasteiger partial charge is 0.408 e. The van der Waals surface area contributed by atoms with Crippen molar-refractivity contribution >= 4 is 12.0 Å². The number of ether oxygens (including phenoxy) is 1. The SMILES string of the molecule is CC.CC(C)(C)OC(=O)NC1(C(=O)NC2CCc3ccccc3-n3ccnc32)CCCC1.[HH].[HH]. The second-order valence-electron chi connectivity index (χ2n) is 9.26. The van der Waals surface area contributed by atoms with Crippen LogP contribution in [0.3, 0.4) is 0 Å². The Morgan fingerprint density at radius 3 is 2.56 bits per heavy atom. The Balaban J connectivity index is 0.00000141. The summed E-state index contributed by atoms with van der Waals surface area (Å²) in [6.45, 7) is 9.45. The van der Waals surface area contributed by atoms with E-state index in [0.717, 1.165) is 37.2 Å². The number of imidazole rings is 1. The van der Waals surface area contributed by atoms with Gasteiger partial charge in [0.1, 0.15) is 17.0 Å². The zero-order valence-electron chi connectivity index (χ0n) is 19.9. The number of rotatable bonds is 3. The fourth-order valence-corrected chi connectivity index (χ4v) is 4.48. The van der Waals surface area contributed by atoms with Gasteiger partial charge in [-0.05, 0) is 58.1 Å². The van der Waals surface area contributed by atoms with Gasteiger partial charge < -0.3 is 19.9 Å². The van der Waals surface area contributed by atoms with Crippen molar-refractivity contribution in [3.63, 3.8) is 0 Å². The molecular formula is C25H40N4O3. The number of nitrogens with one attached hydrogen (secondary N) is 2. The summed E-state index contributed by atoms with van der Waals surface area (Å²) in [5, 5.41) is 6.08. The molecule has 2 aliphatic rings. The highest BCUT2D eigenvalue weighted by atomic mass is 16.6. The van der Waals surface area contributed by atoms with Crippen LogP contribution in [0, 0.1) is 0 Å². The van der Waals surface area contributed by atoms with E-state index in [4.69, 9.17) is 4.74 Å². The number of benzene rings is 1. The standard InChI is InChI=1S/C23H30N4O3.C2H6.2H2/c1-22(2,3)30-21(29)26-23(12-6-7-13-23)20(28)25-17-11-10-16-8-4-5-9-18(16)27-15-14-24-19(17)27;1-2;;/h4-5,8-9,14-15,17H,6-7,10-13H2,1-3H3,(H,25,28)(H,26,29);1-2H3;2*1H. The molecule has 1 saturated carbocycles. The third kappa shape index (κ3) is 5.14. The van der Waals surface area contributed by atoms with Gasteiger partial charge in [-0.1, -0.05) is 44.9 Å². The molecule has 1 aliphatic heterocycles. The Kier molecular flexibility index (Phi) is 7.26. The number of carbonyl (C=O) groups excluding carboxylic acids is 2. The molecule has 1 fully saturated rings. The van der Waals surface area contributed by atoms with Gasteiger partial charge in [0.15, 0.2) is 0 Å². The van der Waals surface area contributed by atoms with Crippen LogP contribution in [0.25, 0.3) is 5.69 Å². The lowest BCUT2D eigenvalue weighted by atomic mass is 9.95. The largest absolute Gasteiger partial charge is 0.444 e. The van der Waals surface area contributed by atoms with Gasteiger partial charge in [-0.25, -0.2) is 9.78 Å². The van der Waals surface area contributed by atoms with Crippen molar-refractivity contribution in [1.29, 1.82) is 0 Å². The first kappa shape index (κ1) is 23.8. The molecule has 32 heavy (non-hydrogen) atoms. The van der Waals surface area contributed by atoms with E-state index in [-0.39, 0.29) is 14.8 Å². The minimum Gasteiger partial charge on any atom is -0.444 e. The summed E-state index contributed by atoms with van der Waals surface area (Å²) in [5.41, 5.74) is 0.789. The topological polar surface area (TPSA) is 85.2 Å². The molecule has 1 aliphatic carbocycles. The Morgan fingerprint density at radius 2 is 1.88 bits per heavy atom. The number of aromatic nitrogens is 2. The molecule has 2 aromatic rings. The lowest BCUT2D eigenvalue weighted by molar-refractivity contribution is -0.128. The van der Waals surface area contributed by atoms with Crippen molar-refractivity contribution in [1.82, 2.24) is 20.2 Å². The molecule has 0 radical (unpaired) electrons. The minimum atomic E-state index is -0.932. The number of carbonyl (C=O) groups is 2. The van der Waals surface area contributed by atoms with Crippen LogP contribution in [0.4, 0.5) is 4.79 Å². The minimum absolute atomic E-state index is 0. The van der Waals surface area contributed by atoms with Gasteiger partial charge in [0.05, 0.1) is 6.04 Å². The van der Waals surface area contributed by atoms with E-state index in [1.807, 2.05) is 52.9 Å². The van der Waals surface area contributed by atoms with Crippen LogP contribution in [0.1, 0.15) is 87.0 Å². The molecule has 1 atom stereocenters. The van der Waals surface area contributed by atoms with Crippen molar-refractivity contribution in [3.8, 4) is 5.69 Å². The summed E-state index contributed by atoms with van der Waals surface area (Å²) in [5.74, 6) is 0.662. The quantitative estimate of drug-likeness (QED) is 0.670. The Labute approximate surface area is 193 Å². The van der Waals surface area contributed by atoms with Crippen LogP contribution in [0.2, 0.25) is 0 Å². The molecule has 1 unspecified atom stereocenters. The van der Waals surface area contributed by atoms with Crippen molar-refractivity contribution in [3.05, 3.63) is 48.0 Å². The highest BCUT2D eigenvalue weighted by molar-refractivity contribution is 5.90. The summed E-state index contributed by atoms with van der Waals surface area (Å²) < 4.78 is 7.48. The first-order valence-electron chi connectivity index (χ1n) is 11.7. The average molecular weight is 445 g/mol. The van der Waals surface area contributed by atoms with Gasteiger partial charge >= 0.3 is 6.09 Å². The zero-order valence-corrected chi connectivity index (χ0v) is 19.9. The van der Waals surface area contributed by atoms with E-state index < -0.39 is 17.2 Å². The normalized spacial score (nSPS) is 18.8. The van der Waals surface area contributed by atoms with Crippen molar-refractivity contribution in [2.75, 3.05) is 0 Å². The zero-order chi connectivity index (χ0) is 23.4. The maximum Gasteiger partial charge on any atom is 0.408 e. The molecule has 178 valence electrons. The lowest BCUT2D eigenvalue weighted by Crippen LogP contribution is -2.58. The van der Waals surface area contributed by atoms with Gasteiger partial charge in [0, 0.05) is 20.9 Å². The number of fused-ring (bicyclic) bond motifs is 3. The molecule has 7 nitrogen and oxygen atoms in total. The van der Waals surface area contributed by atoms with Crippen LogP contribution >= 0.6 is 0 Å². The first-order chi connectivity index (χ1) is 15.3. The number of alkyl carbamates (subject to hydrolysis) is 1. The molecule has 1 aromatic carbocycles. The third-order valence-corrected chi connectivity index (χ3v) is 5.87. The van der Waals surface area contributed by atoms with E-state index in [1.165, 1.54) is 5.56 Å². The number of hydrogen-bond acceptors (Lipinski definition) is 4. The van der Waals surface area contributed by atoms with Crippen LogP contribution in [0.15, 0.2) is 36.7 Å². The maximum atomic E-state index is 13.4. The molecule has 0 saturated heterocycles. The second-order valence-corrected chi connectivity index (χ2v) is 9.26. The van der Waals surface area contributed by atoms with Crippen LogP contribution < -0.4 is 10.6 Å². The number of aryl methyl sites for hydroxylation is 1. The van der Waals surface area contributed by atoms with Gasteiger partial charge in [0.25, 0.3) is 0 Å². The molecule has 2 heterocycles. The van der Waals surface area contributed by atoms with E-state index in [2.05, 4.69) is 32.3 Å². The van der Waals surface area contributed by atoms with E-state index >= 15 is 0 Å². The van der Waals surface area contributed by atoms with Crippen molar-refractivity contribution in [2.24, 2.45) is 0 Å².